The summed E-state index contributed by atoms with van der Waals surface area (Å²) in [5.74, 6) is -0.465. The van der Waals surface area contributed by atoms with Crippen LogP contribution in [0.1, 0.15) is 26.7 Å². The molecule has 0 radical (unpaired) electrons. The first-order valence-electron chi connectivity index (χ1n) is 4.21. The first-order chi connectivity index (χ1) is 5.58. The lowest BCUT2D eigenvalue weighted by atomic mass is 10.1. The number of ether oxygens (including phenoxy) is 3. The summed E-state index contributed by atoms with van der Waals surface area (Å²) in [7, 11) is 5.02. The van der Waals surface area contributed by atoms with E-state index in [9.17, 15) is 0 Å². The molecule has 0 amide bonds. The van der Waals surface area contributed by atoms with Crippen LogP contribution in [0.2, 0.25) is 0 Å². The van der Waals surface area contributed by atoms with Crippen LogP contribution in [0.5, 0.6) is 0 Å². The molecular weight excluding hydrogens is 156 g/mol. The van der Waals surface area contributed by atoms with Crippen molar-refractivity contribution in [1.29, 1.82) is 0 Å². The molecule has 3 nitrogen and oxygen atoms in total. The van der Waals surface area contributed by atoms with Gasteiger partial charge in [0.2, 0.25) is 0 Å². The Morgan fingerprint density at radius 2 is 1.67 bits per heavy atom. The van der Waals surface area contributed by atoms with Crippen molar-refractivity contribution in [3.63, 3.8) is 0 Å². The Hall–Kier alpha value is -0.120. The van der Waals surface area contributed by atoms with Gasteiger partial charge >= 0.3 is 0 Å². The van der Waals surface area contributed by atoms with E-state index in [1.54, 1.807) is 21.3 Å². The van der Waals surface area contributed by atoms with Crippen LogP contribution < -0.4 is 0 Å². The molecule has 0 saturated carbocycles. The topological polar surface area (TPSA) is 27.7 Å². The van der Waals surface area contributed by atoms with Gasteiger partial charge in [0.05, 0.1) is 6.10 Å². The highest BCUT2D eigenvalue weighted by Gasteiger charge is 2.22. The number of methoxy groups -OCH3 is 3. The van der Waals surface area contributed by atoms with Crippen LogP contribution in [0.3, 0.4) is 0 Å². The average Bonchev–Trinajstić information content (AvgIpc) is 2.13. The van der Waals surface area contributed by atoms with Crippen LogP contribution in [0.4, 0.5) is 0 Å². The Kier molecular flexibility index (Phi) is 5.46. The molecule has 0 spiro atoms. The van der Waals surface area contributed by atoms with E-state index in [0.29, 0.717) is 0 Å². The zero-order chi connectivity index (χ0) is 9.61. The van der Waals surface area contributed by atoms with Gasteiger partial charge in [-0.1, -0.05) is 0 Å². The molecule has 0 rings (SSSR count). The van der Waals surface area contributed by atoms with Gasteiger partial charge in [-0.2, -0.15) is 0 Å². The number of hydrogen-bond acceptors (Lipinski definition) is 3. The maximum Gasteiger partial charge on any atom is 0.164 e. The summed E-state index contributed by atoms with van der Waals surface area (Å²) >= 11 is 0. The maximum absolute atomic E-state index is 5.20. The van der Waals surface area contributed by atoms with Gasteiger partial charge in [0.15, 0.2) is 5.79 Å². The van der Waals surface area contributed by atoms with E-state index >= 15 is 0 Å². The Bertz CT molecular complexity index is 110. The van der Waals surface area contributed by atoms with Gasteiger partial charge in [0.25, 0.3) is 0 Å². The first kappa shape index (κ1) is 11.9. The van der Waals surface area contributed by atoms with Crippen LogP contribution in [-0.2, 0) is 14.2 Å². The minimum Gasteiger partial charge on any atom is -0.382 e. The second-order valence-electron chi connectivity index (χ2n) is 3.13. The van der Waals surface area contributed by atoms with E-state index in [4.69, 9.17) is 14.2 Å². The molecule has 0 bridgehead atoms. The lowest BCUT2D eigenvalue weighted by Crippen LogP contribution is -2.30. The third-order valence-electron chi connectivity index (χ3n) is 2.27. The molecule has 1 unspecified atom stereocenters. The fourth-order valence-electron chi connectivity index (χ4n) is 0.871. The molecule has 0 saturated heterocycles. The fraction of sp³-hybridized carbons (Fsp3) is 1.00. The Labute approximate surface area is 75.0 Å². The van der Waals surface area contributed by atoms with E-state index in [2.05, 4.69) is 0 Å². The Morgan fingerprint density at radius 1 is 1.17 bits per heavy atom. The summed E-state index contributed by atoms with van der Waals surface area (Å²) in [6.07, 6.45) is 2.04. The number of hydrogen-bond donors (Lipinski definition) is 0. The van der Waals surface area contributed by atoms with Crippen molar-refractivity contribution < 1.29 is 14.2 Å². The van der Waals surface area contributed by atoms with E-state index in [0.717, 1.165) is 12.8 Å². The van der Waals surface area contributed by atoms with Crippen LogP contribution in [0.15, 0.2) is 0 Å². The summed E-state index contributed by atoms with van der Waals surface area (Å²) in [5.41, 5.74) is 0. The fourth-order valence-corrected chi connectivity index (χ4v) is 0.871. The largest absolute Gasteiger partial charge is 0.382 e. The van der Waals surface area contributed by atoms with Gasteiger partial charge in [-0.25, -0.2) is 0 Å². The van der Waals surface area contributed by atoms with Gasteiger partial charge in [-0.15, -0.1) is 0 Å². The molecule has 0 aliphatic rings. The number of rotatable bonds is 6. The molecule has 0 heterocycles. The van der Waals surface area contributed by atoms with Gasteiger partial charge in [0.1, 0.15) is 0 Å². The molecule has 0 aromatic rings. The van der Waals surface area contributed by atoms with E-state index in [-0.39, 0.29) is 6.10 Å². The highest BCUT2D eigenvalue weighted by Crippen LogP contribution is 2.18. The Morgan fingerprint density at radius 3 is 2.00 bits per heavy atom. The molecule has 74 valence electrons. The minimum absolute atomic E-state index is 0.259. The van der Waals surface area contributed by atoms with Crippen LogP contribution in [-0.4, -0.2) is 33.2 Å². The lowest BCUT2D eigenvalue weighted by molar-refractivity contribution is -0.200. The molecule has 0 aliphatic carbocycles. The highest BCUT2D eigenvalue weighted by molar-refractivity contribution is 4.64. The quantitative estimate of drug-likeness (QED) is 0.578. The van der Waals surface area contributed by atoms with Crippen molar-refractivity contribution in [1.82, 2.24) is 0 Å². The zero-order valence-electron chi connectivity index (χ0n) is 8.72. The molecule has 0 fully saturated rings. The summed E-state index contributed by atoms with van der Waals surface area (Å²) in [6.45, 7) is 3.96. The summed E-state index contributed by atoms with van der Waals surface area (Å²) < 4.78 is 15.5. The summed E-state index contributed by atoms with van der Waals surface area (Å²) in [6, 6.07) is 0. The zero-order valence-corrected chi connectivity index (χ0v) is 8.72. The SMILES string of the molecule is COC(C)CCC(C)(OC)OC. The van der Waals surface area contributed by atoms with Gasteiger partial charge in [-0.05, 0) is 20.3 Å². The minimum atomic E-state index is -0.465. The van der Waals surface area contributed by atoms with Crippen LogP contribution >= 0.6 is 0 Å². The highest BCUT2D eigenvalue weighted by atomic mass is 16.7. The smallest absolute Gasteiger partial charge is 0.164 e. The molecule has 0 aromatic heterocycles. The molecule has 12 heavy (non-hydrogen) atoms. The lowest BCUT2D eigenvalue weighted by Gasteiger charge is -2.27. The van der Waals surface area contributed by atoms with Crippen LogP contribution in [0, 0.1) is 0 Å². The summed E-state index contributed by atoms with van der Waals surface area (Å²) in [5, 5.41) is 0. The molecule has 0 N–H and O–H groups in total. The van der Waals surface area contributed by atoms with Crippen molar-refractivity contribution in [2.24, 2.45) is 0 Å². The average molecular weight is 176 g/mol. The second kappa shape index (κ2) is 5.51. The van der Waals surface area contributed by atoms with Crippen molar-refractivity contribution in [3.05, 3.63) is 0 Å². The van der Waals surface area contributed by atoms with Crippen molar-refractivity contribution >= 4 is 0 Å². The predicted octanol–water partition coefficient (Wildman–Crippen LogP) is 1.81. The second-order valence-corrected chi connectivity index (χ2v) is 3.13. The van der Waals surface area contributed by atoms with Gasteiger partial charge < -0.3 is 14.2 Å². The van der Waals surface area contributed by atoms with Crippen LogP contribution in [0.25, 0.3) is 0 Å². The first-order valence-corrected chi connectivity index (χ1v) is 4.21. The third-order valence-corrected chi connectivity index (χ3v) is 2.27. The van der Waals surface area contributed by atoms with Crippen molar-refractivity contribution in [2.75, 3.05) is 21.3 Å². The third kappa shape index (κ3) is 4.04. The molecule has 3 heteroatoms. The standard InChI is InChI=1S/C9H20O3/c1-8(10-3)6-7-9(2,11-4)12-5/h8H,6-7H2,1-5H3. The molecular formula is C9H20O3. The Balaban J connectivity index is 3.72. The monoisotopic (exact) mass is 176 g/mol. The molecule has 0 aromatic carbocycles. The normalized spacial score (nSPS) is 14.8. The van der Waals surface area contributed by atoms with Gasteiger partial charge in [0, 0.05) is 27.8 Å². The summed E-state index contributed by atoms with van der Waals surface area (Å²) in [4.78, 5) is 0. The van der Waals surface area contributed by atoms with Crippen molar-refractivity contribution in [3.8, 4) is 0 Å². The van der Waals surface area contributed by atoms with E-state index in [1.807, 2.05) is 13.8 Å². The molecule has 1 atom stereocenters. The van der Waals surface area contributed by atoms with Gasteiger partial charge in [-0.3, -0.25) is 0 Å². The van der Waals surface area contributed by atoms with E-state index in [1.165, 1.54) is 0 Å². The van der Waals surface area contributed by atoms with Crippen molar-refractivity contribution in [2.45, 2.75) is 38.6 Å². The predicted molar refractivity (Wildman–Crippen MR) is 48.1 cm³/mol. The van der Waals surface area contributed by atoms with E-state index < -0.39 is 5.79 Å². The molecule has 0 aliphatic heterocycles. The maximum atomic E-state index is 5.20.